The van der Waals surface area contributed by atoms with Gasteiger partial charge in [-0.15, -0.1) is 11.8 Å². The van der Waals surface area contributed by atoms with Crippen LogP contribution in [0.2, 0.25) is 10.0 Å². The van der Waals surface area contributed by atoms with E-state index in [2.05, 4.69) is 0 Å². The highest BCUT2D eigenvalue weighted by atomic mass is 35.5. The Morgan fingerprint density at radius 1 is 0.880 bits per heavy atom. The largest absolute Gasteiger partial charge is 0.457 e. The Morgan fingerprint density at radius 2 is 1.48 bits per heavy atom. The van der Waals surface area contributed by atoms with Gasteiger partial charge in [-0.3, -0.25) is 4.79 Å². The van der Waals surface area contributed by atoms with Crippen molar-refractivity contribution in [3.05, 3.63) is 87.9 Å². The fourth-order valence-electron chi connectivity index (χ4n) is 2.28. The molecule has 0 fully saturated rings. The highest BCUT2D eigenvalue weighted by Gasteiger charge is 2.13. The molecule has 0 aromatic heterocycles. The Hall–Kier alpha value is -1.94. The Balaban J connectivity index is 1.77. The van der Waals surface area contributed by atoms with Crippen LogP contribution in [0.1, 0.15) is 15.9 Å². The van der Waals surface area contributed by atoms with Gasteiger partial charge in [0.1, 0.15) is 11.5 Å². The SMILES string of the molecule is CSc1ccc(Oc2ccc(C(=O)c3cc(Cl)ccc3Cl)cc2)cc1. The molecule has 3 aromatic rings. The van der Waals surface area contributed by atoms with Crippen LogP contribution in [0.5, 0.6) is 11.5 Å². The third-order valence-electron chi connectivity index (χ3n) is 3.58. The molecule has 25 heavy (non-hydrogen) atoms. The third kappa shape index (κ3) is 4.37. The van der Waals surface area contributed by atoms with Gasteiger partial charge in [0.15, 0.2) is 5.78 Å². The van der Waals surface area contributed by atoms with Crippen molar-refractivity contribution in [3.8, 4) is 11.5 Å². The zero-order valence-corrected chi connectivity index (χ0v) is 15.7. The van der Waals surface area contributed by atoms with Gasteiger partial charge in [0.2, 0.25) is 0 Å². The molecule has 0 N–H and O–H groups in total. The second kappa shape index (κ2) is 7.96. The summed E-state index contributed by atoms with van der Waals surface area (Å²) in [6.45, 7) is 0. The molecule has 5 heteroatoms. The van der Waals surface area contributed by atoms with E-state index in [9.17, 15) is 4.79 Å². The molecule has 0 spiro atoms. The second-order valence-electron chi connectivity index (χ2n) is 5.26. The smallest absolute Gasteiger partial charge is 0.194 e. The fourth-order valence-corrected chi connectivity index (χ4v) is 3.06. The fraction of sp³-hybridized carbons (Fsp3) is 0.0500. The van der Waals surface area contributed by atoms with Gasteiger partial charge in [-0.2, -0.15) is 0 Å². The summed E-state index contributed by atoms with van der Waals surface area (Å²) in [5.74, 6) is 1.23. The van der Waals surface area contributed by atoms with E-state index in [0.29, 0.717) is 26.9 Å². The minimum atomic E-state index is -0.177. The molecule has 0 unspecified atom stereocenters. The van der Waals surface area contributed by atoms with Crippen molar-refractivity contribution < 1.29 is 9.53 Å². The van der Waals surface area contributed by atoms with Gasteiger partial charge in [0.25, 0.3) is 0 Å². The molecular weight excluding hydrogens is 375 g/mol. The van der Waals surface area contributed by atoms with Crippen LogP contribution < -0.4 is 4.74 Å². The molecule has 0 saturated carbocycles. The summed E-state index contributed by atoms with van der Waals surface area (Å²) in [7, 11) is 0. The van der Waals surface area contributed by atoms with Crippen LogP contribution in [0, 0.1) is 0 Å². The molecule has 0 saturated heterocycles. The summed E-state index contributed by atoms with van der Waals surface area (Å²) >= 11 is 13.7. The van der Waals surface area contributed by atoms with Crippen molar-refractivity contribution in [1.29, 1.82) is 0 Å². The molecule has 0 aliphatic heterocycles. The van der Waals surface area contributed by atoms with Crippen molar-refractivity contribution in [3.63, 3.8) is 0 Å². The van der Waals surface area contributed by atoms with Crippen LogP contribution in [0.15, 0.2) is 71.6 Å². The number of hydrogen-bond acceptors (Lipinski definition) is 3. The van der Waals surface area contributed by atoms with E-state index in [0.717, 1.165) is 5.75 Å². The molecule has 0 radical (unpaired) electrons. The number of carbonyl (C=O) groups excluding carboxylic acids is 1. The lowest BCUT2D eigenvalue weighted by Crippen LogP contribution is -2.02. The summed E-state index contributed by atoms with van der Waals surface area (Å²) < 4.78 is 5.79. The van der Waals surface area contributed by atoms with Crippen LogP contribution >= 0.6 is 35.0 Å². The average Bonchev–Trinajstić information content (AvgIpc) is 2.64. The van der Waals surface area contributed by atoms with E-state index >= 15 is 0 Å². The number of ether oxygens (including phenoxy) is 1. The quantitative estimate of drug-likeness (QED) is 0.357. The first-order valence-corrected chi connectivity index (χ1v) is 9.46. The Bertz CT molecular complexity index is 891. The molecule has 2 nitrogen and oxygen atoms in total. The van der Waals surface area contributed by atoms with Crippen LogP contribution in [-0.2, 0) is 0 Å². The summed E-state index contributed by atoms with van der Waals surface area (Å²) in [4.78, 5) is 13.7. The van der Waals surface area contributed by atoms with Gasteiger partial charge in [0, 0.05) is 21.0 Å². The third-order valence-corrected chi connectivity index (χ3v) is 4.89. The van der Waals surface area contributed by atoms with E-state index in [1.54, 1.807) is 54.2 Å². The lowest BCUT2D eigenvalue weighted by Gasteiger charge is -2.08. The Labute approximate surface area is 160 Å². The van der Waals surface area contributed by atoms with Gasteiger partial charge in [-0.05, 0) is 73.0 Å². The van der Waals surface area contributed by atoms with Crippen molar-refractivity contribution in [2.24, 2.45) is 0 Å². The van der Waals surface area contributed by atoms with E-state index in [-0.39, 0.29) is 5.78 Å². The van der Waals surface area contributed by atoms with Gasteiger partial charge in [0.05, 0.1) is 5.02 Å². The lowest BCUT2D eigenvalue weighted by atomic mass is 10.0. The first kappa shape index (κ1) is 17.9. The summed E-state index contributed by atoms with van der Waals surface area (Å²) in [5, 5.41) is 0.852. The van der Waals surface area contributed by atoms with Gasteiger partial charge >= 0.3 is 0 Å². The normalized spacial score (nSPS) is 10.5. The number of rotatable bonds is 5. The van der Waals surface area contributed by atoms with Crippen LogP contribution in [-0.4, -0.2) is 12.0 Å². The highest BCUT2D eigenvalue weighted by molar-refractivity contribution is 7.98. The first-order chi connectivity index (χ1) is 12.1. The predicted octanol–water partition coefficient (Wildman–Crippen LogP) is 6.74. The summed E-state index contributed by atoms with van der Waals surface area (Å²) in [6, 6.07) is 19.6. The molecule has 0 bridgehead atoms. The first-order valence-electron chi connectivity index (χ1n) is 7.48. The monoisotopic (exact) mass is 388 g/mol. The van der Waals surface area contributed by atoms with Crippen molar-refractivity contribution >= 4 is 40.7 Å². The molecule has 3 aromatic carbocycles. The maximum Gasteiger partial charge on any atom is 0.194 e. The number of ketones is 1. The molecule has 0 aliphatic carbocycles. The highest BCUT2D eigenvalue weighted by Crippen LogP contribution is 2.27. The van der Waals surface area contributed by atoms with Gasteiger partial charge < -0.3 is 4.74 Å². The Morgan fingerprint density at radius 3 is 2.08 bits per heavy atom. The molecule has 126 valence electrons. The number of carbonyl (C=O) groups is 1. The van der Waals surface area contributed by atoms with Gasteiger partial charge in [-0.1, -0.05) is 23.2 Å². The van der Waals surface area contributed by atoms with E-state index in [1.165, 1.54) is 4.90 Å². The molecule has 0 aliphatic rings. The van der Waals surface area contributed by atoms with Crippen LogP contribution in [0.3, 0.4) is 0 Å². The van der Waals surface area contributed by atoms with Crippen molar-refractivity contribution in [1.82, 2.24) is 0 Å². The zero-order valence-electron chi connectivity index (χ0n) is 13.3. The molecule has 3 rings (SSSR count). The van der Waals surface area contributed by atoms with Crippen molar-refractivity contribution in [2.75, 3.05) is 6.26 Å². The molecule has 0 atom stereocenters. The standard InChI is InChI=1S/C20H14Cl2O2S/c1-25-17-9-7-16(8-10-17)24-15-5-2-13(3-6-15)20(23)18-12-14(21)4-11-19(18)22/h2-12H,1H3. The Kier molecular flexibility index (Phi) is 5.69. The minimum absolute atomic E-state index is 0.177. The van der Waals surface area contributed by atoms with Crippen molar-refractivity contribution in [2.45, 2.75) is 4.90 Å². The zero-order chi connectivity index (χ0) is 17.8. The number of halogens is 2. The van der Waals surface area contributed by atoms with E-state index in [1.807, 2.05) is 30.5 Å². The number of thioether (sulfide) groups is 1. The van der Waals surface area contributed by atoms with E-state index in [4.69, 9.17) is 27.9 Å². The summed E-state index contributed by atoms with van der Waals surface area (Å²) in [6.07, 6.45) is 2.03. The lowest BCUT2D eigenvalue weighted by molar-refractivity contribution is 0.103. The number of hydrogen-bond donors (Lipinski definition) is 0. The van der Waals surface area contributed by atoms with Gasteiger partial charge in [-0.25, -0.2) is 0 Å². The molecule has 0 amide bonds. The predicted molar refractivity (Wildman–Crippen MR) is 105 cm³/mol. The number of benzene rings is 3. The van der Waals surface area contributed by atoms with E-state index < -0.39 is 0 Å². The van der Waals surface area contributed by atoms with Crippen LogP contribution in [0.4, 0.5) is 0 Å². The topological polar surface area (TPSA) is 26.3 Å². The molecule has 0 heterocycles. The van der Waals surface area contributed by atoms with Crippen LogP contribution in [0.25, 0.3) is 0 Å². The maximum absolute atomic E-state index is 12.6. The molecular formula is C20H14Cl2O2S. The summed E-state index contributed by atoms with van der Waals surface area (Å²) in [5.41, 5.74) is 0.907. The second-order valence-corrected chi connectivity index (χ2v) is 6.98. The average molecular weight is 389 g/mol. The minimum Gasteiger partial charge on any atom is -0.457 e. The maximum atomic E-state index is 12.6.